The molecule has 0 spiro atoms. The van der Waals surface area contributed by atoms with Gasteiger partial charge in [0.15, 0.2) is 0 Å². The summed E-state index contributed by atoms with van der Waals surface area (Å²) in [6.07, 6.45) is 0.932. The van der Waals surface area contributed by atoms with E-state index in [9.17, 15) is 8.78 Å². The second kappa shape index (κ2) is 2.03. The van der Waals surface area contributed by atoms with Crippen molar-refractivity contribution >= 4 is 0 Å². The Morgan fingerprint density at radius 1 is 1.18 bits per heavy atom. The molecule has 2 heteroatoms. The van der Waals surface area contributed by atoms with Crippen molar-refractivity contribution in [3.63, 3.8) is 0 Å². The molecule has 0 aromatic heterocycles. The third kappa shape index (κ3) is 1.02. The first-order valence-corrected chi connectivity index (χ1v) is 3.66. The van der Waals surface area contributed by atoms with Gasteiger partial charge in [0.25, 0.3) is 0 Å². The van der Waals surface area contributed by atoms with E-state index in [1.54, 1.807) is 12.1 Å². The second-order valence-electron chi connectivity index (χ2n) is 2.95. The molecule has 0 amide bonds. The maximum absolute atomic E-state index is 13.3. The topological polar surface area (TPSA) is 0 Å². The molecule has 1 aliphatic carbocycles. The highest BCUT2D eigenvalue weighted by Gasteiger charge is 2.46. The first kappa shape index (κ1) is 6.77. The molecule has 1 aliphatic rings. The lowest BCUT2D eigenvalue weighted by molar-refractivity contribution is 0.307. The SMILES string of the molecule is Fc1ccccc1C1(F)CC1. The second-order valence-corrected chi connectivity index (χ2v) is 2.95. The summed E-state index contributed by atoms with van der Waals surface area (Å²) in [7, 11) is 0. The van der Waals surface area contributed by atoms with E-state index in [4.69, 9.17) is 0 Å². The zero-order chi connectivity index (χ0) is 7.90. The van der Waals surface area contributed by atoms with Crippen molar-refractivity contribution in [1.82, 2.24) is 0 Å². The van der Waals surface area contributed by atoms with Gasteiger partial charge in [-0.15, -0.1) is 0 Å². The number of alkyl halides is 1. The summed E-state index contributed by atoms with van der Waals surface area (Å²) >= 11 is 0. The molecule has 1 fully saturated rings. The van der Waals surface area contributed by atoms with Gasteiger partial charge in [-0.05, 0) is 18.9 Å². The van der Waals surface area contributed by atoms with E-state index in [0.717, 1.165) is 0 Å². The smallest absolute Gasteiger partial charge is 0.139 e. The van der Waals surface area contributed by atoms with Crippen molar-refractivity contribution in [3.8, 4) is 0 Å². The van der Waals surface area contributed by atoms with Crippen LogP contribution in [0.3, 0.4) is 0 Å². The van der Waals surface area contributed by atoms with Crippen LogP contribution >= 0.6 is 0 Å². The Balaban J connectivity index is 2.45. The largest absolute Gasteiger partial charge is 0.239 e. The number of hydrogen-bond donors (Lipinski definition) is 0. The van der Waals surface area contributed by atoms with Gasteiger partial charge in [0.2, 0.25) is 0 Å². The molecule has 1 aromatic carbocycles. The molecule has 0 bridgehead atoms. The fraction of sp³-hybridized carbons (Fsp3) is 0.333. The molecule has 11 heavy (non-hydrogen) atoms. The van der Waals surface area contributed by atoms with E-state index in [1.165, 1.54) is 12.1 Å². The molecule has 0 atom stereocenters. The molecule has 0 heterocycles. The predicted octanol–water partition coefficient (Wildman–Crippen LogP) is 2.78. The standard InChI is InChI=1S/C9H8F2/c10-8-4-2-1-3-7(8)9(11)5-6-9/h1-4H,5-6H2. The first-order chi connectivity index (χ1) is 5.22. The van der Waals surface area contributed by atoms with Crippen LogP contribution in [-0.2, 0) is 5.67 Å². The lowest BCUT2D eigenvalue weighted by Gasteiger charge is -2.04. The quantitative estimate of drug-likeness (QED) is 0.583. The van der Waals surface area contributed by atoms with Crippen LogP contribution in [0.2, 0.25) is 0 Å². The van der Waals surface area contributed by atoms with E-state index in [-0.39, 0.29) is 5.56 Å². The Kier molecular flexibility index (Phi) is 1.25. The van der Waals surface area contributed by atoms with Crippen molar-refractivity contribution in [2.75, 3.05) is 0 Å². The van der Waals surface area contributed by atoms with Gasteiger partial charge in [-0.3, -0.25) is 0 Å². The summed E-state index contributed by atoms with van der Waals surface area (Å²) in [4.78, 5) is 0. The molecular weight excluding hydrogens is 146 g/mol. The van der Waals surface area contributed by atoms with Crippen LogP contribution in [0.15, 0.2) is 24.3 Å². The molecule has 0 aliphatic heterocycles. The average molecular weight is 154 g/mol. The zero-order valence-electron chi connectivity index (χ0n) is 5.98. The van der Waals surface area contributed by atoms with Gasteiger partial charge >= 0.3 is 0 Å². The summed E-state index contributed by atoms with van der Waals surface area (Å²) in [5.74, 6) is -0.424. The van der Waals surface area contributed by atoms with Gasteiger partial charge in [0.05, 0.1) is 0 Å². The lowest BCUT2D eigenvalue weighted by atomic mass is 10.1. The van der Waals surface area contributed by atoms with E-state index in [1.807, 2.05) is 0 Å². The van der Waals surface area contributed by atoms with E-state index < -0.39 is 11.5 Å². The maximum Gasteiger partial charge on any atom is 0.139 e. The minimum Gasteiger partial charge on any atom is -0.239 e. The van der Waals surface area contributed by atoms with Crippen LogP contribution < -0.4 is 0 Å². The van der Waals surface area contributed by atoms with Gasteiger partial charge in [-0.25, -0.2) is 8.78 Å². The normalized spacial score (nSPS) is 19.8. The summed E-state index contributed by atoms with van der Waals surface area (Å²) < 4.78 is 26.1. The summed E-state index contributed by atoms with van der Waals surface area (Å²) in [5, 5.41) is 0. The highest BCUT2D eigenvalue weighted by Crippen LogP contribution is 2.50. The highest BCUT2D eigenvalue weighted by atomic mass is 19.2. The molecule has 58 valence electrons. The maximum atomic E-state index is 13.3. The van der Waals surface area contributed by atoms with Crippen LogP contribution in [0.5, 0.6) is 0 Å². The molecule has 0 saturated heterocycles. The fourth-order valence-corrected chi connectivity index (χ4v) is 1.20. The number of hydrogen-bond acceptors (Lipinski definition) is 0. The molecule has 0 unspecified atom stereocenters. The molecule has 1 saturated carbocycles. The molecular formula is C9H8F2. The van der Waals surface area contributed by atoms with Crippen molar-refractivity contribution in [1.29, 1.82) is 0 Å². The molecule has 2 rings (SSSR count). The van der Waals surface area contributed by atoms with Gasteiger partial charge in [-0.1, -0.05) is 18.2 Å². The average Bonchev–Trinajstić information content (AvgIpc) is 2.70. The fourth-order valence-electron chi connectivity index (χ4n) is 1.20. The zero-order valence-corrected chi connectivity index (χ0v) is 5.98. The Morgan fingerprint density at radius 3 is 2.36 bits per heavy atom. The van der Waals surface area contributed by atoms with Gasteiger partial charge in [0, 0.05) is 5.56 Å². The Bertz CT molecular complexity index is 277. The van der Waals surface area contributed by atoms with Gasteiger partial charge in [0.1, 0.15) is 11.5 Å². The predicted molar refractivity (Wildman–Crippen MR) is 38.4 cm³/mol. The third-order valence-electron chi connectivity index (χ3n) is 2.05. The Hall–Kier alpha value is -0.920. The van der Waals surface area contributed by atoms with Crippen molar-refractivity contribution in [3.05, 3.63) is 35.6 Å². The van der Waals surface area contributed by atoms with Crippen molar-refractivity contribution in [2.24, 2.45) is 0 Å². The van der Waals surface area contributed by atoms with E-state index >= 15 is 0 Å². The summed E-state index contributed by atoms with van der Waals surface area (Å²) in [5.41, 5.74) is -1.12. The van der Waals surface area contributed by atoms with E-state index in [0.29, 0.717) is 12.8 Å². The van der Waals surface area contributed by atoms with Crippen LogP contribution in [0, 0.1) is 5.82 Å². The van der Waals surface area contributed by atoms with Crippen LogP contribution in [0.4, 0.5) is 8.78 Å². The van der Waals surface area contributed by atoms with Crippen LogP contribution in [0.25, 0.3) is 0 Å². The van der Waals surface area contributed by atoms with Crippen LogP contribution in [0.1, 0.15) is 18.4 Å². The number of benzene rings is 1. The van der Waals surface area contributed by atoms with Gasteiger partial charge in [-0.2, -0.15) is 0 Å². The summed E-state index contributed by atoms with van der Waals surface area (Å²) in [6.45, 7) is 0. The Labute approximate surface area is 63.9 Å². The molecule has 0 nitrogen and oxygen atoms in total. The van der Waals surface area contributed by atoms with Crippen molar-refractivity contribution < 1.29 is 8.78 Å². The number of rotatable bonds is 1. The van der Waals surface area contributed by atoms with E-state index in [2.05, 4.69) is 0 Å². The molecule has 0 radical (unpaired) electrons. The number of halogens is 2. The highest BCUT2D eigenvalue weighted by molar-refractivity contribution is 5.28. The molecule has 0 N–H and O–H groups in total. The minimum absolute atomic E-state index is 0.222. The third-order valence-corrected chi connectivity index (χ3v) is 2.05. The first-order valence-electron chi connectivity index (χ1n) is 3.66. The van der Waals surface area contributed by atoms with Crippen molar-refractivity contribution in [2.45, 2.75) is 18.5 Å². The van der Waals surface area contributed by atoms with Crippen LogP contribution in [-0.4, -0.2) is 0 Å². The lowest BCUT2D eigenvalue weighted by Crippen LogP contribution is -2.00. The summed E-state index contributed by atoms with van der Waals surface area (Å²) in [6, 6.07) is 6.06. The monoisotopic (exact) mass is 154 g/mol. The molecule has 1 aromatic rings. The van der Waals surface area contributed by atoms with Gasteiger partial charge < -0.3 is 0 Å². The Morgan fingerprint density at radius 2 is 1.82 bits per heavy atom. The minimum atomic E-state index is -1.34.